The number of fused-ring (bicyclic) bond motifs is 1. The Morgan fingerprint density at radius 1 is 0.971 bits per heavy atom. The second-order valence-electron chi connectivity index (χ2n) is 8.29. The van der Waals surface area contributed by atoms with E-state index in [1.807, 2.05) is 19.9 Å². The lowest BCUT2D eigenvalue weighted by molar-refractivity contribution is -0.111. The number of nitrogens with one attached hydrogen (secondary N) is 1. The largest absolute Gasteiger partial charge is 0.465 e. The molecule has 4 rings (SSSR count). The van der Waals surface area contributed by atoms with Crippen LogP contribution in [0.15, 0.2) is 54.6 Å². The molecule has 1 N–H and O–H groups in total. The first-order chi connectivity index (χ1) is 16.2. The highest BCUT2D eigenvalue weighted by Gasteiger charge is 2.14. The smallest absolute Gasteiger partial charge is 0.337 e. The molecule has 7 heteroatoms. The van der Waals surface area contributed by atoms with Gasteiger partial charge in [0.25, 0.3) is 0 Å². The number of amides is 1. The van der Waals surface area contributed by atoms with Gasteiger partial charge < -0.3 is 10.1 Å². The molecule has 0 saturated carbocycles. The standard InChI is InChI=1S/C27H26N4O3/c1-16-12-18(3)26-22(13-16)17(2)14-23(29-26)31-24(15-19(4)30-31)28-25(32)11-8-20-6-9-21(10-7-20)27(33)34-5/h6-15H,1-5H3,(H,28,32)/b11-8+. The second kappa shape index (κ2) is 9.31. The lowest BCUT2D eigenvalue weighted by atomic mass is 10.0. The third-order valence-corrected chi connectivity index (χ3v) is 5.50. The van der Waals surface area contributed by atoms with Crippen molar-refractivity contribution in [3.8, 4) is 5.82 Å². The first kappa shape index (κ1) is 22.9. The quantitative estimate of drug-likeness (QED) is 0.335. The normalized spacial score (nSPS) is 11.2. The number of aromatic nitrogens is 3. The third kappa shape index (κ3) is 4.73. The number of benzene rings is 2. The molecule has 0 aliphatic carbocycles. The SMILES string of the molecule is COC(=O)c1ccc(/C=C/C(=O)Nc2cc(C)nn2-c2cc(C)c3cc(C)cc(C)c3n2)cc1. The summed E-state index contributed by atoms with van der Waals surface area (Å²) in [6.07, 6.45) is 3.11. The van der Waals surface area contributed by atoms with Gasteiger partial charge in [0.1, 0.15) is 5.82 Å². The van der Waals surface area contributed by atoms with Crippen LogP contribution in [0.25, 0.3) is 22.8 Å². The van der Waals surface area contributed by atoms with Gasteiger partial charge in [-0.3, -0.25) is 4.79 Å². The summed E-state index contributed by atoms with van der Waals surface area (Å²) >= 11 is 0. The Balaban J connectivity index is 1.59. The summed E-state index contributed by atoms with van der Waals surface area (Å²) in [7, 11) is 1.34. The fourth-order valence-electron chi connectivity index (χ4n) is 3.89. The molecule has 2 aromatic carbocycles. The molecule has 34 heavy (non-hydrogen) atoms. The van der Waals surface area contributed by atoms with E-state index in [0.29, 0.717) is 17.2 Å². The number of carbonyl (C=O) groups is 2. The Hall–Kier alpha value is -4.26. The molecule has 0 aliphatic heterocycles. The fraction of sp³-hybridized carbons (Fsp3) is 0.185. The van der Waals surface area contributed by atoms with Crippen LogP contribution in [0, 0.1) is 27.7 Å². The summed E-state index contributed by atoms with van der Waals surface area (Å²) in [5, 5.41) is 8.55. The van der Waals surface area contributed by atoms with Crippen LogP contribution in [-0.2, 0) is 9.53 Å². The molecule has 2 aromatic heterocycles. The molecule has 0 aliphatic rings. The molecule has 4 aromatic rings. The number of nitrogens with zero attached hydrogens (tertiary/aromatic N) is 3. The molecule has 1 amide bonds. The molecule has 2 heterocycles. The summed E-state index contributed by atoms with van der Waals surface area (Å²) in [5.41, 5.74) is 6.29. The molecule has 0 fully saturated rings. The minimum absolute atomic E-state index is 0.303. The Bertz CT molecular complexity index is 1430. The van der Waals surface area contributed by atoms with E-state index in [1.165, 1.54) is 18.7 Å². The highest BCUT2D eigenvalue weighted by Crippen LogP contribution is 2.26. The number of hydrogen-bond donors (Lipinski definition) is 1. The summed E-state index contributed by atoms with van der Waals surface area (Å²) in [6, 6.07) is 14.8. The lowest BCUT2D eigenvalue weighted by Crippen LogP contribution is -2.13. The van der Waals surface area contributed by atoms with Crippen molar-refractivity contribution in [1.29, 1.82) is 0 Å². The van der Waals surface area contributed by atoms with Crippen molar-refractivity contribution in [2.45, 2.75) is 27.7 Å². The molecule has 7 nitrogen and oxygen atoms in total. The van der Waals surface area contributed by atoms with Gasteiger partial charge in [-0.15, -0.1) is 0 Å². The maximum absolute atomic E-state index is 12.6. The van der Waals surface area contributed by atoms with E-state index in [-0.39, 0.29) is 5.91 Å². The molecule has 0 saturated heterocycles. The van der Waals surface area contributed by atoms with Crippen LogP contribution in [-0.4, -0.2) is 33.8 Å². The topological polar surface area (TPSA) is 86.1 Å². The fourth-order valence-corrected chi connectivity index (χ4v) is 3.89. The van der Waals surface area contributed by atoms with Crippen LogP contribution >= 0.6 is 0 Å². The number of aryl methyl sites for hydroxylation is 4. The van der Waals surface area contributed by atoms with E-state index >= 15 is 0 Å². The van der Waals surface area contributed by atoms with Gasteiger partial charge in [-0.2, -0.15) is 9.78 Å². The van der Waals surface area contributed by atoms with E-state index in [1.54, 1.807) is 41.1 Å². The minimum atomic E-state index is -0.403. The molecular weight excluding hydrogens is 428 g/mol. The van der Waals surface area contributed by atoms with Gasteiger partial charge >= 0.3 is 5.97 Å². The average Bonchev–Trinajstić information content (AvgIpc) is 3.17. The van der Waals surface area contributed by atoms with Gasteiger partial charge in [0.2, 0.25) is 5.91 Å². The number of pyridine rings is 1. The highest BCUT2D eigenvalue weighted by atomic mass is 16.5. The molecule has 172 valence electrons. The second-order valence-corrected chi connectivity index (χ2v) is 8.29. The van der Waals surface area contributed by atoms with Crippen LogP contribution in [0.5, 0.6) is 0 Å². The van der Waals surface area contributed by atoms with Crippen LogP contribution in [0.4, 0.5) is 5.82 Å². The van der Waals surface area contributed by atoms with Crippen LogP contribution < -0.4 is 5.32 Å². The summed E-state index contributed by atoms with van der Waals surface area (Å²) in [5.74, 6) is 0.467. The zero-order chi connectivity index (χ0) is 24.4. The molecular formula is C27H26N4O3. The number of methoxy groups -OCH3 is 1. The number of anilines is 1. The first-order valence-electron chi connectivity index (χ1n) is 10.9. The predicted octanol–water partition coefficient (Wildman–Crippen LogP) is 5.09. The Labute approximate surface area is 198 Å². The third-order valence-electron chi connectivity index (χ3n) is 5.50. The zero-order valence-electron chi connectivity index (χ0n) is 19.8. The van der Waals surface area contributed by atoms with Gasteiger partial charge in [0.05, 0.1) is 23.9 Å². The Morgan fingerprint density at radius 3 is 2.41 bits per heavy atom. The van der Waals surface area contributed by atoms with E-state index in [4.69, 9.17) is 9.72 Å². The van der Waals surface area contributed by atoms with Crippen molar-refractivity contribution >= 4 is 34.7 Å². The van der Waals surface area contributed by atoms with Crippen LogP contribution in [0.2, 0.25) is 0 Å². The van der Waals surface area contributed by atoms with Gasteiger partial charge in [0.15, 0.2) is 5.82 Å². The van der Waals surface area contributed by atoms with Crippen molar-refractivity contribution in [3.63, 3.8) is 0 Å². The van der Waals surface area contributed by atoms with E-state index in [9.17, 15) is 9.59 Å². The van der Waals surface area contributed by atoms with Gasteiger partial charge in [-0.25, -0.2) is 9.78 Å². The number of esters is 1. The highest BCUT2D eigenvalue weighted by molar-refractivity contribution is 6.01. The van der Waals surface area contributed by atoms with Crippen LogP contribution in [0.3, 0.4) is 0 Å². The number of rotatable bonds is 5. The Morgan fingerprint density at radius 2 is 1.71 bits per heavy atom. The number of ether oxygens (including phenoxy) is 1. The van der Waals surface area contributed by atoms with Gasteiger partial charge in [-0.1, -0.05) is 23.8 Å². The maximum Gasteiger partial charge on any atom is 0.337 e. The number of carbonyl (C=O) groups excluding carboxylic acids is 2. The van der Waals surface area contributed by atoms with Crippen molar-refractivity contribution in [1.82, 2.24) is 14.8 Å². The summed E-state index contributed by atoms with van der Waals surface area (Å²) in [4.78, 5) is 29.0. The first-order valence-corrected chi connectivity index (χ1v) is 10.9. The van der Waals surface area contributed by atoms with Crippen molar-refractivity contribution in [2.24, 2.45) is 0 Å². The van der Waals surface area contributed by atoms with Crippen molar-refractivity contribution in [2.75, 3.05) is 12.4 Å². The molecule has 0 spiro atoms. The number of hydrogen-bond acceptors (Lipinski definition) is 5. The minimum Gasteiger partial charge on any atom is -0.465 e. The maximum atomic E-state index is 12.6. The molecule has 0 bridgehead atoms. The van der Waals surface area contributed by atoms with Crippen molar-refractivity contribution < 1.29 is 14.3 Å². The zero-order valence-corrected chi connectivity index (χ0v) is 19.8. The van der Waals surface area contributed by atoms with Gasteiger partial charge in [-0.05, 0) is 74.7 Å². The molecule has 0 unspecified atom stereocenters. The van der Waals surface area contributed by atoms with E-state index in [0.717, 1.165) is 33.3 Å². The van der Waals surface area contributed by atoms with Crippen LogP contribution in [0.1, 0.15) is 38.3 Å². The lowest BCUT2D eigenvalue weighted by Gasteiger charge is -2.12. The van der Waals surface area contributed by atoms with E-state index in [2.05, 4.69) is 36.4 Å². The Kier molecular flexibility index (Phi) is 6.27. The summed E-state index contributed by atoms with van der Waals surface area (Å²) in [6.45, 7) is 8.04. The van der Waals surface area contributed by atoms with E-state index < -0.39 is 5.97 Å². The predicted molar refractivity (Wildman–Crippen MR) is 133 cm³/mol. The summed E-state index contributed by atoms with van der Waals surface area (Å²) < 4.78 is 6.35. The van der Waals surface area contributed by atoms with Gasteiger partial charge in [0, 0.05) is 17.5 Å². The van der Waals surface area contributed by atoms with Crippen molar-refractivity contribution in [3.05, 3.63) is 88.1 Å². The molecule has 0 radical (unpaired) electrons. The monoisotopic (exact) mass is 454 g/mol. The average molecular weight is 455 g/mol. The molecule has 0 atom stereocenters.